The number of rotatable bonds is 2. The first kappa shape index (κ1) is 12.0. The molecule has 17 heavy (non-hydrogen) atoms. The van der Waals surface area contributed by atoms with Crippen molar-refractivity contribution in [3.8, 4) is 0 Å². The summed E-state index contributed by atoms with van der Waals surface area (Å²) in [5.41, 5.74) is 0.895. The third kappa shape index (κ3) is 1.67. The minimum absolute atomic E-state index is 0.103. The summed E-state index contributed by atoms with van der Waals surface area (Å²) in [7, 11) is 0. The maximum Gasteiger partial charge on any atom is 0.0693 e. The third-order valence-electron chi connectivity index (χ3n) is 6.13. The largest absolute Gasteiger partial charge is 0.392 e. The van der Waals surface area contributed by atoms with Gasteiger partial charge < -0.3 is 10.4 Å². The van der Waals surface area contributed by atoms with Crippen LogP contribution in [0.15, 0.2) is 0 Å². The van der Waals surface area contributed by atoms with Crippen LogP contribution < -0.4 is 5.32 Å². The van der Waals surface area contributed by atoms with Crippen LogP contribution in [0.5, 0.6) is 0 Å². The van der Waals surface area contributed by atoms with Crippen LogP contribution in [0, 0.1) is 16.7 Å². The van der Waals surface area contributed by atoms with Gasteiger partial charge in [0.05, 0.1) is 6.10 Å². The lowest BCUT2D eigenvalue weighted by molar-refractivity contribution is 0.0699. The molecule has 0 aromatic carbocycles. The van der Waals surface area contributed by atoms with Crippen molar-refractivity contribution >= 4 is 0 Å². The van der Waals surface area contributed by atoms with E-state index in [0.717, 1.165) is 18.8 Å². The van der Waals surface area contributed by atoms with Gasteiger partial charge in [-0.15, -0.1) is 0 Å². The highest BCUT2D eigenvalue weighted by Gasteiger charge is 2.59. The van der Waals surface area contributed by atoms with E-state index in [1.54, 1.807) is 0 Å². The molecular formula is C15H27NO. The van der Waals surface area contributed by atoms with Gasteiger partial charge in [0.25, 0.3) is 0 Å². The van der Waals surface area contributed by atoms with Crippen LogP contribution in [0.2, 0.25) is 0 Å². The molecular weight excluding hydrogens is 210 g/mol. The second-order valence-corrected chi connectivity index (χ2v) is 7.62. The fourth-order valence-corrected chi connectivity index (χ4v) is 5.07. The van der Waals surface area contributed by atoms with Gasteiger partial charge in [0, 0.05) is 12.1 Å². The van der Waals surface area contributed by atoms with E-state index in [4.69, 9.17) is 0 Å². The van der Waals surface area contributed by atoms with E-state index in [9.17, 15) is 5.11 Å². The fourth-order valence-electron chi connectivity index (χ4n) is 5.07. The molecule has 0 aromatic rings. The van der Waals surface area contributed by atoms with Gasteiger partial charge in [-0.3, -0.25) is 0 Å². The Morgan fingerprint density at radius 3 is 2.41 bits per heavy atom. The van der Waals surface area contributed by atoms with E-state index >= 15 is 0 Å². The van der Waals surface area contributed by atoms with Crippen molar-refractivity contribution in [2.24, 2.45) is 16.7 Å². The highest BCUT2D eigenvalue weighted by atomic mass is 16.3. The number of fused-ring (bicyclic) bond motifs is 2. The van der Waals surface area contributed by atoms with Crippen LogP contribution in [0.25, 0.3) is 0 Å². The van der Waals surface area contributed by atoms with Crippen LogP contribution in [-0.4, -0.2) is 23.3 Å². The molecule has 3 saturated carbocycles. The van der Waals surface area contributed by atoms with Gasteiger partial charge in [0.1, 0.15) is 0 Å². The zero-order valence-corrected chi connectivity index (χ0v) is 11.5. The molecule has 2 nitrogen and oxygen atoms in total. The van der Waals surface area contributed by atoms with E-state index in [2.05, 4.69) is 26.1 Å². The Bertz CT molecular complexity index is 309. The Balaban J connectivity index is 1.77. The summed E-state index contributed by atoms with van der Waals surface area (Å²) in [5.74, 6) is 0.892. The van der Waals surface area contributed by atoms with E-state index in [1.807, 2.05) is 0 Å². The average molecular weight is 237 g/mol. The first-order valence-electron chi connectivity index (χ1n) is 7.38. The van der Waals surface area contributed by atoms with E-state index < -0.39 is 0 Å². The Hall–Kier alpha value is -0.0800. The molecule has 2 heteroatoms. The van der Waals surface area contributed by atoms with Crippen LogP contribution in [0.3, 0.4) is 0 Å². The quantitative estimate of drug-likeness (QED) is 0.774. The SMILES string of the molecule is CC12CCC(C1)C(C)(C)C2N[C@@H]1CCC[C@H]1O. The molecule has 3 aliphatic rings. The lowest BCUT2D eigenvalue weighted by Gasteiger charge is -2.45. The van der Waals surface area contributed by atoms with Gasteiger partial charge in [-0.2, -0.15) is 0 Å². The van der Waals surface area contributed by atoms with Crippen molar-refractivity contribution in [1.82, 2.24) is 5.32 Å². The maximum atomic E-state index is 10.0. The van der Waals surface area contributed by atoms with Crippen molar-refractivity contribution in [3.63, 3.8) is 0 Å². The minimum atomic E-state index is -0.103. The summed E-state index contributed by atoms with van der Waals surface area (Å²) < 4.78 is 0. The summed E-state index contributed by atoms with van der Waals surface area (Å²) >= 11 is 0. The summed E-state index contributed by atoms with van der Waals surface area (Å²) in [4.78, 5) is 0. The predicted molar refractivity (Wildman–Crippen MR) is 69.8 cm³/mol. The predicted octanol–water partition coefficient (Wildman–Crippen LogP) is 2.70. The highest BCUT2D eigenvalue weighted by molar-refractivity contribution is 5.13. The van der Waals surface area contributed by atoms with Gasteiger partial charge in [0.2, 0.25) is 0 Å². The zero-order valence-electron chi connectivity index (χ0n) is 11.5. The Morgan fingerprint density at radius 1 is 1.12 bits per heavy atom. The van der Waals surface area contributed by atoms with Gasteiger partial charge in [-0.05, 0) is 55.3 Å². The number of nitrogens with one attached hydrogen (secondary N) is 1. The average Bonchev–Trinajstić information content (AvgIpc) is 2.85. The molecule has 3 unspecified atom stereocenters. The molecule has 0 spiro atoms. The first-order valence-corrected chi connectivity index (χ1v) is 7.38. The maximum absolute atomic E-state index is 10.0. The van der Waals surface area contributed by atoms with Crippen molar-refractivity contribution in [3.05, 3.63) is 0 Å². The van der Waals surface area contributed by atoms with Crippen LogP contribution >= 0.6 is 0 Å². The monoisotopic (exact) mass is 237 g/mol. The second kappa shape index (κ2) is 3.71. The molecule has 0 amide bonds. The van der Waals surface area contributed by atoms with Gasteiger partial charge in [-0.1, -0.05) is 20.8 Å². The standard InChI is InChI=1S/C15H27NO/c1-14(2)10-7-8-15(3,9-10)13(14)16-11-5-4-6-12(11)17/h10-13,16-17H,4-9H2,1-3H3/t10?,11-,12-,13?,15?/m1/s1. The molecule has 0 radical (unpaired) electrons. The first-order chi connectivity index (χ1) is 7.93. The molecule has 2 bridgehead atoms. The summed E-state index contributed by atoms with van der Waals surface area (Å²) in [6.45, 7) is 7.32. The fraction of sp³-hybridized carbons (Fsp3) is 1.00. The minimum Gasteiger partial charge on any atom is -0.392 e. The topological polar surface area (TPSA) is 32.3 Å². The second-order valence-electron chi connectivity index (χ2n) is 7.62. The number of aliphatic hydroxyl groups is 1. The van der Waals surface area contributed by atoms with Crippen molar-refractivity contribution in [2.75, 3.05) is 0 Å². The molecule has 0 aliphatic heterocycles. The Kier molecular flexibility index (Phi) is 2.61. The normalized spacial score (nSPS) is 52.2. The Morgan fingerprint density at radius 2 is 1.88 bits per heavy atom. The lowest BCUT2D eigenvalue weighted by atomic mass is 9.68. The van der Waals surface area contributed by atoms with E-state index in [1.165, 1.54) is 25.7 Å². The van der Waals surface area contributed by atoms with Crippen LogP contribution in [0.1, 0.15) is 59.3 Å². The van der Waals surface area contributed by atoms with Crippen molar-refractivity contribution < 1.29 is 5.11 Å². The lowest BCUT2D eigenvalue weighted by Crippen LogP contribution is -2.55. The van der Waals surface area contributed by atoms with Gasteiger partial charge >= 0.3 is 0 Å². The number of hydrogen-bond acceptors (Lipinski definition) is 2. The summed E-state index contributed by atoms with van der Waals surface area (Å²) in [6, 6.07) is 0.960. The Labute approximate surface area is 105 Å². The number of aliphatic hydroxyl groups excluding tert-OH is 1. The summed E-state index contributed by atoms with van der Waals surface area (Å²) in [6.07, 6.45) is 7.41. The van der Waals surface area contributed by atoms with Gasteiger partial charge in [-0.25, -0.2) is 0 Å². The number of hydrogen-bond donors (Lipinski definition) is 2. The van der Waals surface area contributed by atoms with Crippen LogP contribution in [-0.2, 0) is 0 Å². The highest BCUT2D eigenvalue weighted by Crippen LogP contribution is 2.62. The molecule has 0 saturated heterocycles. The molecule has 2 N–H and O–H groups in total. The molecule has 5 atom stereocenters. The summed E-state index contributed by atoms with van der Waals surface area (Å²) in [5, 5.41) is 13.9. The molecule has 98 valence electrons. The van der Waals surface area contributed by atoms with E-state index in [0.29, 0.717) is 22.9 Å². The van der Waals surface area contributed by atoms with Crippen molar-refractivity contribution in [1.29, 1.82) is 0 Å². The molecule has 3 aliphatic carbocycles. The third-order valence-corrected chi connectivity index (χ3v) is 6.13. The smallest absolute Gasteiger partial charge is 0.0693 e. The van der Waals surface area contributed by atoms with Crippen molar-refractivity contribution in [2.45, 2.75) is 77.5 Å². The van der Waals surface area contributed by atoms with Gasteiger partial charge in [0.15, 0.2) is 0 Å². The molecule has 0 aromatic heterocycles. The zero-order chi connectivity index (χ0) is 12.3. The van der Waals surface area contributed by atoms with Crippen LogP contribution in [0.4, 0.5) is 0 Å². The molecule has 0 heterocycles. The molecule has 3 fully saturated rings. The molecule has 3 rings (SSSR count). The van der Waals surface area contributed by atoms with E-state index in [-0.39, 0.29) is 6.10 Å².